The number of nitrogens with one attached hydrogen (secondary N) is 1. The van der Waals surface area contributed by atoms with Crippen LogP contribution >= 0.6 is 23.1 Å². The van der Waals surface area contributed by atoms with Crippen LogP contribution in [-0.2, 0) is 10.3 Å². The van der Waals surface area contributed by atoms with Gasteiger partial charge in [-0.1, -0.05) is 0 Å². The topological polar surface area (TPSA) is 102 Å². The number of aromatic nitrogens is 2. The van der Waals surface area contributed by atoms with Crippen LogP contribution in [0.5, 0.6) is 0 Å². The first kappa shape index (κ1) is 19.5. The van der Waals surface area contributed by atoms with Crippen LogP contribution < -0.4 is 11.1 Å². The normalized spacial score (nSPS) is 22.0. The summed E-state index contributed by atoms with van der Waals surface area (Å²) in [5.41, 5.74) is 2.88. The maximum atomic E-state index is 14.6. The van der Waals surface area contributed by atoms with Crippen molar-refractivity contribution < 1.29 is 22.7 Å². The van der Waals surface area contributed by atoms with E-state index >= 15 is 0 Å². The van der Waals surface area contributed by atoms with Crippen molar-refractivity contribution in [3.63, 3.8) is 0 Å². The van der Waals surface area contributed by atoms with Crippen LogP contribution in [0.15, 0.2) is 23.2 Å². The highest BCUT2D eigenvalue weighted by atomic mass is 35.5. The number of nitrogens with zero attached hydrogens (tertiary/aromatic N) is 3. The summed E-state index contributed by atoms with van der Waals surface area (Å²) < 4.78 is 52.3. The van der Waals surface area contributed by atoms with Crippen molar-refractivity contribution in [1.29, 1.82) is 0 Å². The standard InChI is InChI=1S/C15H13ClF3N5O2S/c1-14(15(18,19)6-26-5-10(20)23-14)8-4-7(2-3-9(8)17)21-12(25)11-22-13(16)27-24-11/h2-4H,5-6H2,1H3,(H2,20,23)(H,21,25)/t14-/m1/s1. The van der Waals surface area contributed by atoms with Crippen molar-refractivity contribution in [1.82, 2.24) is 9.36 Å². The average molecular weight is 420 g/mol. The number of rotatable bonds is 3. The minimum Gasteiger partial charge on any atom is -0.385 e. The van der Waals surface area contributed by atoms with Crippen molar-refractivity contribution in [2.75, 3.05) is 18.5 Å². The molecule has 144 valence electrons. The summed E-state index contributed by atoms with van der Waals surface area (Å²) >= 11 is 6.44. The fourth-order valence-electron chi connectivity index (χ4n) is 2.54. The largest absolute Gasteiger partial charge is 0.385 e. The Morgan fingerprint density at radius 3 is 2.85 bits per heavy atom. The van der Waals surface area contributed by atoms with Crippen molar-refractivity contribution in [3.05, 3.63) is 39.9 Å². The molecule has 0 fully saturated rings. The highest BCUT2D eigenvalue weighted by Crippen LogP contribution is 2.44. The minimum absolute atomic E-state index is 0.0540. The SMILES string of the molecule is C[C@]1(c2cc(NC(=O)c3nsc(Cl)n3)ccc2F)N=C(N)COCC1(F)F. The Morgan fingerprint density at radius 1 is 1.44 bits per heavy atom. The third-order valence-corrected chi connectivity index (χ3v) is 4.76. The number of nitrogens with two attached hydrogens (primary N) is 1. The third-order valence-electron chi connectivity index (χ3n) is 3.97. The van der Waals surface area contributed by atoms with Gasteiger partial charge in [-0.25, -0.2) is 13.2 Å². The lowest BCUT2D eigenvalue weighted by molar-refractivity contribution is -0.116. The van der Waals surface area contributed by atoms with Gasteiger partial charge in [-0.2, -0.15) is 9.36 Å². The van der Waals surface area contributed by atoms with E-state index in [0.717, 1.165) is 30.6 Å². The van der Waals surface area contributed by atoms with Crippen molar-refractivity contribution in [2.45, 2.75) is 18.4 Å². The number of benzene rings is 1. The van der Waals surface area contributed by atoms with Crippen LogP contribution in [0.1, 0.15) is 23.1 Å². The van der Waals surface area contributed by atoms with E-state index in [1.54, 1.807) is 0 Å². The summed E-state index contributed by atoms with van der Waals surface area (Å²) in [6, 6.07) is 3.23. The molecule has 1 amide bonds. The quantitative estimate of drug-likeness (QED) is 0.796. The minimum atomic E-state index is -3.54. The third kappa shape index (κ3) is 3.75. The van der Waals surface area contributed by atoms with E-state index in [1.165, 1.54) is 6.07 Å². The molecule has 3 N–H and O–H groups in total. The molecule has 1 aromatic carbocycles. The van der Waals surface area contributed by atoms with Gasteiger partial charge in [-0.3, -0.25) is 9.79 Å². The second-order valence-electron chi connectivity index (χ2n) is 5.89. The van der Waals surface area contributed by atoms with Crippen molar-refractivity contribution in [2.24, 2.45) is 10.7 Å². The van der Waals surface area contributed by atoms with Crippen LogP contribution in [0, 0.1) is 5.82 Å². The Balaban J connectivity index is 1.99. The van der Waals surface area contributed by atoms with E-state index < -0.39 is 35.4 Å². The Labute approximate surface area is 160 Å². The van der Waals surface area contributed by atoms with Gasteiger partial charge in [0.25, 0.3) is 11.8 Å². The molecule has 1 aromatic heterocycles. The second kappa shape index (κ2) is 7.06. The van der Waals surface area contributed by atoms with Gasteiger partial charge in [0.1, 0.15) is 24.9 Å². The number of hydrogen-bond acceptors (Lipinski definition) is 7. The Hall–Kier alpha value is -2.24. The molecular weight excluding hydrogens is 407 g/mol. The van der Waals surface area contributed by atoms with E-state index in [1.807, 2.05) is 0 Å². The molecule has 1 aliphatic heterocycles. The van der Waals surface area contributed by atoms with Gasteiger partial charge in [0.05, 0.1) is 0 Å². The summed E-state index contributed by atoms with van der Waals surface area (Å²) in [5, 5.41) is 2.41. The molecule has 7 nitrogen and oxygen atoms in total. The monoisotopic (exact) mass is 419 g/mol. The molecule has 1 atom stereocenters. The van der Waals surface area contributed by atoms with Gasteiger partial charge in [-0.15, -0.1) is 0 Å². The molecule has 0 saturated carbocycles. The maximum Gasteiger partial charge on any atom is 0.299 e. The first-order valence-electron chi connectivity index (χ1n) is 7.53. The van der Waals surface area contributed by atoms with Gasteiger partial charge < -0.3 is 15.8 Å². The van der Waals surface area contributed by atoms with Gasteiger partial charge in [0.15, 0.2) is 5.54 Å². The summed E-state index contributed by atoms with van der Waals surface area (Å²) in [5.74, 6) is -5.58. The number of hydrogen-bond donors (Lipinski definition) is 2. The molecule has 27 heavy (non-hydrogen) atoms. The molecule has 12 heteroatoms. The van der Waals surface area contributed by atoms with Gasteiger partial charge in [0, 0.05) is 11.3 Å². The number of anilines is 1. The summed E-state index contributed by atoms with van der Waals surface area (Å²) in [6.45, 7) is -0.217. The fourth-order valence-corrected chi connectivity index (χ4v) is 3.14. The van der Waals surface area contributed by atoms with Crippen LogP contribution in [0.4, 0.5) is 18.9 Å². The average Bonchev–Trinajstić information content (AvgIpc) is 2.98. The van der Waals surface area contributed by atoms with E-state index in [-0.39, 0.29) is 28.4 Å². The number of alkyl halides is 2. The lowest BCUT2D eigenvalue weighted by Gasteiger charge is -2.33. The lowest BCUT2D eigenvalue weighted by Crippen LogP contribution is -2.45. The number of amides is 1. The highest BCUT2D eigenvalue weighted by molar-refractivity contribution is 7.10. The molecule has 3 rings (SSSR count). The molecule has 0 spiro atoms. The zero-order valence-electron chi connectivity index (χ0n) is 13.8. The molecule has 2 heterocycles. The van der Waals surface area contributed by atoms with Crippen LogP contribution in [0.3, 0.4) is 0 Å². The van der Waals surface area contributed by atoms with Crippen LogP contribution in [-0.4, -0.2) is 40.2 Å². The van der Waals surface area contributed by atoms with Crippen molar-refractivity contribution >= 4 is 40.6 Å². The molecular formula is C15H13ClF3N5O2S. The molecule has 0 unspecified atom stereocenters. The first-order valence-corrected chi connectivity index (χ1v) is 8.68. The predicted octanol–water partition coefficient (Wildman–Crippen LogP) is 2.82. The molecule has 0 saturated heterocycles. The smallest absolute Gasteiger partial charge is 0.299 e. The zero-order chi connectivity index (χ0) is 19.8. The Bertz CT molecular complexity index is 923. The van der Waals surface area contributed by atoms with Gasteiger partial charge in [-0.05, 0) is 48.3 Å². The number of halogens is 4. The predicted molar refractivity (Wildman–Crippen MR) is 94.0 cm³/mol. The summed E-state index contributed by atoms with van der Waals surface area (Å²) in [6.07, 6.45) is 0. The van der Waals surface area contributed by atoms with E-state index in [2.05, 4.69) is 19.7 Å². The number of ether oxygens (including phenoxy) is 1. The number of amidine groups is 1. The van der Waals surface area contributed by atoms with Crippen molar-refractivity contribution in [3.8, 4) is 0 Å². The molecule has 0 aliphatic carbocycles. The second-order valence-corrected chi connectivity index (χ2v) is 7.23. The first-order chi connectivity index (χ1) is 12.6. The summed E-state index contributed by atoms with van der Waals surface area (Å²) in [4.78, 5) is 19.6. The Kier molecular flexibility index (Phi) is 5.10. The summed E-state index contributed by atoms with van der Waals surface area (Å²) in [7, 11) is 0. The molecule has 1 aliphatic rings. The van der Waals surface area contributed by atoms with Crippen LogP contribution in [0.2, 0.25) is 4.47 Å². The van der Waals surface area contributed by atoms with Crippen LogP contribution in [0.25, 0.3) is 0 Å². The zero-order valence-corrected chi connectivity index (χ0v) is 15.4. The number of carbonyl (C=O) groups excluding carboxylic acids is 1. The van der Waals surface area contributed by atoms with Gasteiger partial charge >= 0.3 is 0 Å². The van der Waals surface area contributed by atoms with Gasteiger partial charge in [0.2, 0.25) is 10.3 Å². The van der Waals surface area contributed by atoms with E-state index in [0.29, 0.717) is 0 Å². The molecule has 2 aromatic rings. The maximum absolute atomic E-state index is 14.6. The van der Waals surface area contributed by atoms with E-state index in [9.17, 15) is 18.0 Å². The Morgan fingerprint density at radius 2 is 2.19 bits per heavy atom. The number of carbonyl (C=O) groups is 1. The molecule has 0 radical (unpaired) electrons. The number of aliphatic imine (C=N–C) groups is 1. The molecule has 0 bridgehead atoms. The fraction of sp³-hybridized carbons (Fsp3) is 0.333. The lowest BCUT2D eigenvalue weighted by atomic mass is 9.85. The highest BCUT2D eigenvalue weighted by Gasteiger charge is 2.54. The van der Waals surface area contributed by atoms with E-state index in [4.69, 9.17) is 22.1 Å².